The van der Waals surface area contributed by atoms with Crippen molar-refractivity contribution in [2.75, 3.05) is 13.7 Å². The van der Waals surface area contributed by atoms with E-state index in [4.69, 9.17) is 9.47 Å². The number of nitrogens with zero attached hydrogens (tertiary/aromatic N) is 1. The highest BCUT2D eigenvalue weighted by Crippen LogP contribution is 2.41. The SMILES string of the molecule is CO[C@@H]1C(=O)N2C(C(=O)O)C(COC(C)=O)=CSC12. The van der Waals surface area contributed by atoms with Crippen molar-refractivity contribution in [1.82, 2.24) is 4.90 Å². The van der Waals surface area contributed by atoms with Crippen LogP contribution >= 0.6 is 11.8 Å². The Kier molecular flexibility index (Phi) is 3.81. The van der Waals surface area contributed by atoms with Crippen molar-refractivity contribution in [3.63, 3.8) is 0 Å². The maximum absolute atomic E-state index is 11.8. The van der Waals surface area contributed by atoms with Gasteiger partial charge in [0.1, 0.15) is 12.0 Å². The number of carboxylic acid groups (broad SMARTS) is 1. The van der Waals surface area contributed by atoms with E-state index in [9.17, 15) is 19.5 Å². The Bertz CT molecular complexity index is 462. The number of carboxylic acids is 1. The highest BCUT2D eigenvalue weighted by molar-refractivity contribution is 8.02. The summed E-state index contributed by atoms with van der Waals surface area (Å²) < 4.78 is 9.81. The van der Waals surface area contributed by atoms with Gasteiger partial charge in [0.25, 0.3) is 5.91 Å². The lowest BCUT2D eigenvalue weighted by molar-refractivity contribution is -0.172. The van der Waals surface area contributed by atoms with Crippen molar-refractivity contribution in [1.29, 1.82) is 0 Å². The van der Waals surface area contributed by atoms with Gasteiger partial charge in [0.2, 0.25) is 0 Å². The van der Waals surface area contributed by atoms with Crippen molar-refractivity contribution < 1.29 is 29.0 Å². The number of hydrogen-bond donors (Lipinski definition) is 1. The smallest absolute Gasteiger partial charge is 0.330 e. The molecule has 1 saturated heterocycles. The summed E-state index contributed by atoms with van der Waals surface area (Å²) >= 11 is 1.29. The molecule has 3 atom stereocenters. The van der Waals surface area contributed by atoms with Crippen LogP contribution < -0.4 is 0 Å². The Morgan fingerprint density at radius 1 is 1.53 bits per heavy atom. The molecule has 2 aliphatic heterocycles. The molecule has 0 spiro atoms. The van der Waals surface area contributed by atoms with Gasteiger partial charge in [0.15, 0.2) is 12.1 Å². The molecule has 0 bridgehead atoms. The summed E-state index contributed by atoms with van der Waals surface area (Å²) in [6.45, 7) is 1.11. The molecule has 2 unspecified atom stereocenters. The second-order valence-corrected chi connectivity index (χ2v) is 5.13. The number of carbonyl (C=O) groups is 3. The number of thioether (sulfide) groups is 1. The van der Waals surface area contributed by atoms with Crippen LogP contribution in [0.5, 0.6) is 0 Å². The summed E-state index contributed by atoms with van der Waals surface area (Å²) in [6.07, 6.45) is -0.613. The number of β-lactam (4-membered cyclic amide) rings is 1. The zero-order valence-corrected chi connectivity index (χ0v) is 11.2. The normalized spacial score (nSPS) is 29.2. The van der Waals surface area contributed by atoms with Gasteiger partial charge in [-0.1, -0.05) is 0 Å². The molecule has 19 heavy (non-hydrogen) atoms. The fraction of sp³-hybridized carbons (Fsp3) is 0.545. The van der Waals surface area contributed by atoms with Crippen LogP contribution in [0.4, 0.5) is 0 Å². The summed E-state index contributed by atoms with van der Waals surface area (Å²) in [6, 6.07) is -1.09. The molecule has 1 amide bonds. The molecule has 0 saturated carbocycles. The van der Waals surface area contributed by atoms with E-state index in [1.165, 1.54) is 30.7 Å². The fourth-order valence-corrected chi connectivity index (χ4v) is 3.30. The Labute approximate surface area is 113 Å². The van der Waals surface area contributed by atoms with E-state index in [0.29, 0.717) is 5.57 Å². The van der Waals surface area contributed by atoms with Crippen molar-refractivity contribution in [2.24, 2.45) is 0 Å². The van der Waals surface area contributed by atoms with E-state index in [1.54, 1.807) is 5.41 Å². The number of ether oxygens (including phenoxy) is 2. The second kappa shape index (κ2) is 5.22. The van der Waals surface area contributed by atoms with E-state index < -0.39 is 24.1 Å². The van der Waals surface area contributed by atoms with E-state index in [-0.39, 0.29) is 17.9 Å². The van der Waals surface area contributed by atoms with Crippen molar-refractivity contribution in [2.45, 2.75) is 24.4 Å². The predicted octanol–water partition coefficient (Wildman–Crippen LogP) is -0.183. The molecule has 2 heterocycles. The summed E-state index contributed by atoms with van der Waals surface area (Å²) in [5, 5.41) is 10.5. The third-order valence-electron chi connectivity index (χ3n) is 2.95. The van der Waals surface area contributed by atoms with E-state index in [1.807, 2.05) is 0 Å². The minimum Gasteiger partial charge on any atom is -0.479 e. The first-order valence-corrected chi connectivity index (χ1v) is 6.47. The lowest BCUT2D eigenvalue weighted by Gasteiger charge is -2.50. The Morgan fingerprint density at radius 3 is 2.74 bits per heavy atom. The number of fused-ring (bicyclic) bond motifs is 1. The summed E-state index contributed by atoms with van der Waals surface area (Å²) in [5.74, 6) is -2.01. The molecule has 8 heteroatoms. The van der Waals surface area contributed by atoms with Crippen LogP contribution in [0.15, 0.2) is 11.0 Å². The Balaban J connectivity index is 2.19. The Morgan fingerprint density at radius 2 is 2.21 bits per heavy atom. The molecule has 2 rings (SSSR count). The number of carbonyl (C=O) groups excluding carboxylic acids is 2. The topological polar surface area (TPSA) is 93.1 Å². The van der Waals surface area contributed by atoms with Gasteiger partial charge in [-0.05, 0) is 5.41 Å². The molecule has 104 valence electrons. The lowest BCUT2D eigenvalue weighted by Crippen LogP contribution is -2.70. The average Bonchev–Trinajstić information content (AvgIpc) is 2.35. The third kappa shape index (κ3) is 2.33. The molecule has 0 aromatic heterocycles. The van der Waals surface area contributed by atoms with Gasteiger partial charge in [-0.15, -0.1) is 11.8 Å². The molecule has 7 nitrogen and oxygen atoms in total. The minimum atomic E-state index is -1.15. The van der Waals surface area contributed by atoms with E-state index in [0.717, 1.165) is 0 Å². The van der Waals surface area contributed by atoms with Crippen LogP contribution in [-0.4, -0.2) is 59.1 Å². The zero-order chi connectivity index (χ0) is 14.2. The highest BCUT2D eigenvalue weighted by atomic mass is 32.2. The van der Waals surface area contributed by atoms with Crippen LogP contribution in [0.3, 0.4) is 0 Å². The van der Waals surface area contributed by atoms with Gasteiger partial charge in [-0.2, -0.15) is 0 Å². The highest BCUT2D eigenvalue weighted by Gasteiger charge is 2.55. The number of aliphatic carboxylic acids is 1. The van der Waals surface area contributed by atoms with Crippen LogP contribution in [0.2, 0.25) is 0 Å². The molecular weight excluding hydrogens is 274 g/mol. The Hall–Kier alpha value is -1.54. The van der Waals surface area contributed by atoms with E-state index in [2.05, 4.69) is 0 Å². The summed E-state index contributed by atoms with van der Waals surface area (Å²) in [5.41, 5.74) is 0.381. The maximum atomic E-state index is 11.8. The molecular formula is C11H13NO6S. The molecule has 0 radical (unpaired) electrons. The first kappa shape index (κ1) is 13.9. The van der Waals surface area contributed by atoms with Gasteiger partial charge in [0, 0.05) is 19.6 Å². The fourth-order valence-electron chi connectivity index (χ4n) is 2.06. The molecule has 1 fully saturated rings. The summed E-state index contributed by atoms with van der Waals surface area (Å²) in [7, 11) is 1.41. The van der Waals surface area contributed by atoms with E-state index >= 15 is 0 Å². The number of rotatable bonds is 4. The predicted molar refractivity (Wildman–Crippen MR) is 65.2 cm³/mol. The minimum absolute atomic E-state index is 0.131. The number of esters is 1. The largest absolute Gasteiger partial charge is 0.479 e. The van der Waals surface area contributed by atoms with Crippen LogP contribution in [0.25, 0.3) is 0 Å². The van der Waals surface area contributed by atoms with Crippen molar-refractivity contribution >= 4 is 29.6 Å². The first-order chi connectivity index (χ1) is 8.97. The van der Waals surface area contributed by atoms with Crippen LogP contribution in [0, 0.1) is 0 Å². The quantitative estimate of drug-likeness (QED) is 0.566. The zero-order valence-electron chi connectivity index (χ0n) is 10.4. The first-order valence-electron chi connectivity index (χ1n) is 5.53. The average molecular weight is 287 g/mol. The van der Waals surface area contributed by atoms with Gasteiger partial charge in [0.05, 0.1) is 0 Å². The molecule has 1 N–H and O–H groups in total. The van der Waals surface area contributed by atoms with Crippen LogP contribution in [0.1, 0.15) is 6.92 Å². The van der Waals surface area contributed by atoms with Gasteiger partial charge in [-0.25, -0.2) is 4.79 Å². The number of amides is 1. The van der Waals surface area contributed by atoms with Gasteiger partial charge < -0.3 is 19.5 Å². The molecule has 0 aliphatic carbocycles. The molecule has 0 aromatic carbocycles. The maximum Gasteiger partial charge on any atom is 0.330 e. The van der Waals surface area contributed by atoms with Crippen LogP contribution in [-0.2, 0) is 23.9 Å². The van der Waals surface area contributed by atoms with Crippen molar-refractivity contribution in [3.05, 3.63) is 11.0 Å². The van der Waals surface area contributed by atoms with Crippen molar-refractivity contribution in [3.8, 4) is 0 Å². The van der Waals surface area contributed by atoms with Gasteiger partial charge >= 0.3 is 11.9 Å². The monoisotopic (exact) mass is 287 g/mol. The standard InChI is InChI=1S/C11H13NO6S/c1-5(13)18-3-6-4-19-10-8(17-2)9(14)12(10)7(6)11(15)16/h4,7-8,10H,3H2,1-2H3,(H,15,16)/t7?,8-,10?/m1/s1. The summed E-state index contributed by atoms with van der Waals surface area (Å²) in [4.78, 5) is 35.2. The van der Waals surface area contributed by atoms with Gasteiger partial charge in [-0.3, -0.25) is 9.59 Å². The lowest BCUT2D eigenvalue weighted by atomic mass is 10.00. The number of methoxy groups -OCH3 is 1. The second-order valence-electron chi connectivity index (χ2n) is 4.14. The third-order valence-corrected chi connectivity index (χ3v) is 4.14. The molecule has 2 aliphatic rings. The molecule has 0 aromatic rings. The number of hydrogen-bond acceptors (Lipinski definition) is 6.